The van der Waals surface area contributed by atoms with Gasteiger partial charge in [0.15, 0.2) is 5.82 Å². The van der Waals surface area contributed by atoms with Crippen molar-refractivity contribution < 1.29 is 4.79 Å². The smallest absolute Gasteiger partial charge is 0.295 e. The lowest BCUT2D eigenvalue weighted by atomic mass is 9.98. The average Bonchev–Trinajstić information content (AvgIpc) is 3.34. The standard InChI is InChI=1S/C19H21N7O/c1-3-18(27)20-9-14-5-4-8-25(11-14)19-17-6-7-21-26(17)13-16(23-19)15-10-22-24(2)12-15/h1,6-7,10,12-14H,4-5,8-9,11H2,2H3,(H,20,27). The molecule has 138 valence electrons. The van der Waals surface area contributed by atoms with Crippen LogP contribution in [-0.4, -0.2) is 49.9 Å². The molecule has 4 heterocycles. The van der Waals surface area contributed by atoms with Gasteiger partial charge in [0.1, 0.15) is 5.52 Å². The number of anilines is 1. The van der Waals surface area contributed by atoms with Crippen LogP contribution in [0, 0.1) is 18.3 Å². The van der Waals surface area contributed by atoms with Gasteiger partial charge in [-0.25, -0.2) is 9.50 Å². The van der Waals surface area contributed by atoms with Gasteiger partial charge in [-0.2, -0.15) is 10.2 Å². The van der Waals surface area contributed by atoms with Crippen LogP contribution in [0.4, 0.5) is 5.82 Å². The summed E-state index contributed by atoms with van der Waals surface area (Å²) in [6, 6.07) is 1.97. The Balaban J connectivity index is 1.63. The Morgan fingerprint density at radius 1 is 1.41 bits per heavy atom. The molecule has 3 aromatic heterocycles. The molecule has 1 N–H and O–H groups in total. The van der Waals surface area contributed by atoms with E-state index in [1.54, 1.807) is 17.1 Å². The summed E-state index contributed by atoms with van der Waals surface area (Å²) < 4.78 is 3.61. The molecular weight excluding hydrogens is 342 g/mol. The fourth-order valence-corrected chi connectivity index (χ4v) is 3.55. The third-order valence-electron chi connectivity index (χ3n) is 4.87. The number of carbonyl (C=O) groups is 1. The van der Waals surface area contributed by atoms with Gasteiger partial charge in [0.05, 0.1) is 24.3 Å². The van der Waals surface area contributed by atoms with Gasteiger partial charge in [0.2, 0.25) is 0 Å². The maximum atomic E-state index is 11.4. The van der Waals surface area contributed by atoms with E-state index in [2.05, 4.69) is 26.3 Å². The molecule has 1 aliphatic heterocycles. The first-order chi connectivity index (χ1) is 13.1. The monoisotopic (exact) mass is 363 g/mol. The van der Waals surface area contributed by atoms with Crippen LogP contribution in [0.5, 0.6) is 0 Å². The van der Waals surface area contributed by atoms with Gasteiger partial charge in [-0.15, -0.1) is 6.42 Å². The van der Waals surface area contributed by atoms with Crippen LogP contribution in [0.15, 0.2) is 30.9 Å². The van der Waals surface area contributed by atoms with E-state index in [0.29, 0.717) is 12.5 Å². The zero-order chi connectivity index (χ0) is 18.8. The zero-order valence-electron chi connectivity index (χ0n) is 15.2. The van der Waals surface area contributed by atoms with Crippen LogP contribution in [0.1, 0.15) is 12.8 Å². The van der Waals surface area contributed by atoms with Crippen molar-refractivity contribution in [3.05, 3.63) is 30.9 Å². The summed E-state index contributed by atoms with van der Waals surface area (Å²) in [6.07, 6.45) is 14.7. The van der Waals surface area contributed by atoms with Gasteiger partial charge in [-0.05, 0) is 30.7 Å². The van der Waals surface area contributed by atoms with Crippen LogP contribution >= 0.6 is 0 Å². The van der Waals surface area contributed by atoms with Crippen molar-refractivity contribution in [1.29, 1.82) is 0 Å². The van der Waals surface area contributed by atoms with Crippen LogP contribution in [0.3, 0.4) is 0 Å². The van der Waals surface area contributed by atoms with Gasteiger partial charge >= 0.3 is 0 Å². The van der Waals surface area contributed by atoms with Gasteiger partial charge in [0.25, 0.3) is 5.91 Å². The minimum absolute atomic E-state index is 0.336. The molecule has 1 saturated heterocycles. The molecular formula is C19H21N7O. The van der Waals surface area contributed by atoms with E-state index in [4.69, 9.17) is 11.4 Å². The molecule has 1 aliphatic rings. The summed E-state index contributed by atoms with van der Waals surface area (Å²) in [5.41, 5.74) is 2.75. The Morgan fingerprint density at radius 3 is 3.07 bits per heavy atom. The molecule has 0 saturated carbocycles. The number of aryl methyl sites for hydroxylation is 1. The second-order valence-electron chi connectivity index (χ2n) is 6.82. The molecule has 27 heavy (non-hydrogen) atoms. The number of nitrogens with zero attached hydrogens (tertiary/aromatic N) is 6. The molecule has 8 nitrogen and oxygen atoms in total. The third kappa shape index (κ3) is 3.49. The number of aromatic nitrogens is 5. The van der Waals surface area contributed by atoms with E-state index in [1.165, 1.54) is 0 Å². The quantitative estimate of drug-likeness (QED) is 0.702. The Labute approximate surface area is 157 Å². The number of terminal acetylenes is 1. The van der Waals surface area contributed by atoms with Crippen molar-refractivity contribution in [3.8, 4) is 23.6 Å². The normalized spacial score (nSPS) is 17.0. The van der Waals surface area contributed by atoms with Crippen LogP contribution in [0.2, 0.25) is 0 Å². The first kappa shape index (κ1) is 17.1. The summed E-state index contributed by atoms with van der Waals surface area (Å²) in [4.78, 5) is 18.5. The Morgan fingerprint density at radius 2 is 2.30 bits per heavy atom. The van der Waals surface area contributed by atoms with Gasteiger partial charge < -0.3 is 10.2 Å². The molecule has 0 bridgehead atoms. The number of piperidine rings is 1. The van der Waals surface area contributed by atoms with E-state index >= 15 is 0 Å². The molecule has 0 radical (unpaired) electrons. The molecule has 8 heteroatoms. The summed E-state index contributed by atoms with van der Waals surface area (Å²) in [7, 11) is 1.89. The highest BCUT2D eigenvalue weighted by molar-refractivity contribution is 5.92. The number of fused-ring (bicyclic) bond motifs is 1. The highest BCUT2D eigenvalue weighted by Gasteiger charge is 2.24. The Kier molecular flexibility index (Phi) is 4.50. The molecule has 0 spiro atoms. The molecule has 1 fully saturated rings. The zero-order valence-corrected chi connectivity index (χ0v) is 15.2. The fraction of sp³-hybridized carbons (Fsp3) is 0.368. The van der Waals surface area contributed by atoms with Crippen LogP contribution in [-0.2, 0) is 11.8 Å². The lowest BCUT2D eigenvalue weighted by molar-refractivity contribution is -0.115. The lowest BCUT2D eigenvalue weighted by Gasteiger charge is -2.34. The van der Waals surface area contributed by atoms with Crippen molar-refractivity contribution in [2.45, 2.75) is 12.8 Å². The van der Waals surface area contributed by atoms with Gasteiger partial charge in [-0.1, -0.05) is 0 Å². The topological polar surface area (TPSA) is 80.4 Å². The van der Waals surface area contributed by atoms with Crippen molar-refractivity contribution >= 4 is 17.2 Å². The van der Waals surface area contributed by atoms with E-state index in [9.17, 15) is 4.79 Å². The first-order valence-corrected chi connectivity index (χ1v) is 8.97. The number of carbonyl (C=O) groups excluding carboxylic acids is 1. The predicted molar refractivity (Wildman–Crippen MR) is 102 cm³/mol. The molecule has 1 atom stereocenters. The Hall–Kier alpha value is -3.34. The summed E-state index contributed by atoms with van der Waals surface area (Å²) in [5.74, 6) is 2.98. The number of hydrogen-bond donors (Lipinski definition) is 1. The molecule has 0 aromatic carbocycles. The van der Waals surface area contributed by atoms with Crippen LogP contribution < -0.4 is 10.2 Å². The largest absolute Gasteiger partial charge is 0.354 e. The summed E-state index contributed by atoms with van der Waals surface area (Å²) in [5, 5.41) is 11.4. The highest BCUT2D eigenvalue weighted by atomic mass is 16.1. The van der Waals surface area contributed by atoms with Crippen molar-refractivity contribution in [2.75, 3.05) is 24.5 Å². The summed E-state index contributed by atoms with van der Waals surface area (Å²) >= 11 is 0. The first-order valence-electron chi connectivity index (χ1n) is 8.97. The maximum absolute atomic E-state index is 11.4. The number of rotatable bonds is 4. The highest BCUT2D eigenvalue weighted by Crippen LogP contribution is 2.28. The SMILES string of the molecule is C#CC(=O)NCC1CCCN(c2nc(-c3cnn(C)c3)cn3nccc23)C1. The maximum Gasteiger partial charge on any atom is 0.295 e. The number of nitrogens with one attached hydrogen (secondary N) is 1. The lowest BCUT2D eigenvalue weighted by Crippen LogP contribution is -2.41. The molecule has 1 amide bonds. The average molecular weight is 363 g/mol. The number of amides is 1. The van der Waals surface area contributed by atoms with Crippen molar-refractivity contribution in [3.63, 3.8) is 0 Å². The van der Waals surface area contributed by atoms with E-state index in [1.807, 2.05) is 30.0 Å². The molecule has 4 rings (SSSR count). The minimum Gasteiger partial charge on any atom is -0.354 e. The van der Waals surface area contributed by atoms with E-state index in [0.717, 1.165) is 48.5 Å². The Bertz CT molecular complexity index is 1010. The molecule has 0 aliphatic carbocycles. The second kappa shape index (κ2) is 7.11. The van der Waals surface area contributed by atoms with Gasteiger partial charge in [-0.3, -0.25) is 9.48 Å². The van der Waals surface area contributed by atoms with Crippen molar-refractivity contribution in [1.82, 2.24) is 29.7 Å². The fourth-order valence-electron chi connectivity index (χ4n) is 3.55. The predicted octanol–water partition coefficient (Wildman–Crippen LogP) is 1.10. The third-order valence-corrected chi connectivity index (χ3v) is 4.87. The van der Waals surface area contributed by atoms with Crippen molar-refractivity contribution in [2.24, 2.45) is 13.0 Å². The molecule has 3 aromatic rings. The molecule has 1 unspecified atom stereocenters. The summed E-state index contributed by atoms with van der Waals surface area (Å²) in [6.45, 7) is 2.32. The van der Waals surface area contributed by atoms with E-state index < -0.39 is 0 Å². The minimum atomic E-state index is -0.359. The van der Waals surface area contributed by atoms with Gasteiger partial charge in [0, 0.05) is 38.4 Å². The van der Waals surface area contributed by atoms with E-state index in [-0.39, 0.29) is 5.91 Å². The van der Waals surface area contributed by atoms with Crippen LogP contribution in [0.25, 0.3) is 16.8 Å². The second-order valence-corrected chi connectivity index (χ2v) is 6.82. The number of hydrogen-bond acceptors (Lipinski definition) is 5.